The monoisotopic (exact) mass is 446 g/mol. The van der Waals surface area contributed by atoms with Crippen LogP contribution < -0.4 is 5.32 Å². The summed E-state index contributed by atoms with van der Waals surface area (Å²) in [5, 5.41) is 12.7. The molecular weight excluding hydrogens is 412 g/mol. The molecule has 2 amide bonds. The fraction of sp³-hybridized carbons (Fsp3) is 0.500. The number of hydrogen-bond donors (Lipinski definition) is 2. The highest BCUT2D eigenvalue weighted by atomic mass is 16.3. The highest BCUT2D eigenvalue weighted by Crippen LogP contribution is 2.50. The molecule has 2 saturated heterocycles. The molecule has 5 heteroatoms. The maximum Gasteiger partial charge on any atom is 0.233 e. The van der Waals surface area contributed by atoms with E-state index < -0.39 is 0 Å². The Labute approximate surface area is 196 Å². The Morgan fingerprint density at radius 1 is 1.00 bits per heavy atom. The summed E-state index contributed by atoms with van der Waals surface area (Å²) in [6, 6.07) is 18.4. The first-order valence-electron chi connectivity index (χ1n) is 12.4. The number of carbonyl (C=O) groups is 2. The Morgan fingerprint density at radius 2 is 1.73 bits per heavy atom. The minimum atomic E-state index is -0.384. The molecule has 3 fully saturated rings. The molecule has 1 spiro atoms. The maximum absolute atomic E-state index is 13.9. The van der Waals surface area contributed by atoms with Gasteiger partial charge < -0.3 is 15.3 Å². The van der Waals surface area contributed by atoms with Gasteiger partial charge in [-0.05, 0) is 47.8 Å². The molecule has 2 aliphatic heterocycles. The van der Waals surface area contributed by atoms with Crippen LogP contribution in [0.3, 0.4) is 0 Å². The largest absolute Gasteiger partial charge is 0.392 e. The molecule has 0 bridgehead atoms. The predicted molar refractivity (Wildman–Crippen MR) is 128 cm³/mol. The van der Waals surface area contributed by atoms with Gasteiger partial charge in [0.15, 0.2) is 0 Å². The molecule has 1 aliphatic carbocycles. The number of piperidine rings is 2. The SMILES string of the molecule is O=C1CC2(CCN(C(=O)C3(c4ccccc4)CCCC3)CC2)C(c2cccc(CO)c2)CN1. The van der Waals surface area contributed by atoms with Gasteiger partial charge in [0, 0.05) is 32.0 Å². The minimum Gasteiger partial charge on any atom is -0.392 e. The average Bonchev–Trinajstić information content (AvgIpc) is 3.36. The van der Waals surface area contributed by atoms with E-state index in [1.807, 2.05) is 30.3 Å². The van der Waals surface area contributed by atoms with Gasteiger partial charge >= 0.3 is 0 Å². The summed E-state index contributed by atoms with van der Waals surface area (Å²) >= 11 is 0. The summed E-state index contributed by atoms with van der Waals surface area (Å²) in [5.74, 6) is 0.592. The summed E-state index contributed by atoms with van der Waals surface area (Å²) in [7, 11) is 0. The van der Waals surface area contributed by atoms with Gasteiger partial charge in [0.05, 0.1) is 12.0 Å². The van der Waals surface area contributed by atoms with Crippen molar-refractivity contribution in [3.8, 4) is 0 Å². The molecule has 174 valence electrons. The maximum atomic E-state index is 13.9. The van der Waals surface area contributed by atoms with Crippen LogP contribution in [0.1, 0.15) is 67.6 Å². The number of carbonyl (C=O) groups excluding carboxylic acids is 2. The first-order valence-corrected chi connectivity index (χ1v) is 12.4. The second-order valence-electron chi connectivity index (χ2n) is 10.2. The van der Waals surface area contributed by atoms with Gasteiger partial charge in [-0.2, -0.15) is 0 Å². The van der Waals surface area contributed by atoms with Crippen molar-refractivity contribution in [2.24, 2.45) is 5.41 Å². The highest BCUT2D eigenvalue weighted by molar-refractivity contribution is 5.89. The van der Waals surface area contributed by atoms with Crippen LogP contribution in [-0.4, -0.2) is 41.5 Å². The van der Waals surface area contributed by atoms with Crippen LogP contribution >= 0.6 is 0 Å². The van der Waals surface area contributed by atoms with Crippen molar-refractivity contribution in [1.82, 2.24) is 10.2 Å². The van der Waals surface area contributed by atoms with Crippen LogP contribution in [0.5, 0.6) is 0 Å². The Morgan fingerprint density at radius 3 is 2.42 bits per heavy atom. The number of nitrogens with one attached hydrogen (secondary N) is 1. The molecule has 2 heterocycles. The molecule has 0 aromatic heterocycles. The first kappa shape index (κ1) is 22.1. The summed E-state index contributed by atoms with van der Waals surface area (Å²) in [6.07, 6.45) is 6.24. The fourth-order valence-electron chi connectivity index (χ4n) is 6.66. The summed E-state index contributed by atoms with van der Waals surface area (Å²) in [4.78, 5) is 28.5. The summed E-state index contributed by atoms with van der Waals surface area (Å²) in [5.41, 5.74) is 2.72. The summed E-state index contributed by atoms with van der Waals surface area (Å²) < 4.78 is 0. The van der Waals surface area contributed by atoms with Gasteiger partial charge in [0.25, 0.3) is 0 Å². The second kappa shape index (κ2) is 8.94. The van der Waals surface area contributed by atoms with Crippen LogP contribution in [0.25, 0.3) is 0 Å². The van der Waals surface area contributed by atoms with E-state index in [0.717, 1.165) is 49.7 Å². The molecule has 2 N–H and O–H groups in total. The number of aliphatic hydroxyl groups is 1. The lowest BCUT2D eigenvalue weighted by molar-refractivity contribution is -0.141. The molecule has 0 radical (unpaired) electrons. The minimum absolute atomic E-state index is 0.0176. The van der Waals surface area contributed by atoms with E-state index in [1.54, 1.807) is 0 Å². The molecule has 33 heavy (non-hydrogen) atoms. The summed E-state index contributed by atoms with van der Waals surface area (Å²) in [6.45, 7) is 2.05. The van der Waals surface area contributed by atoms with E-state index in [0.29, 0.717) is 26.1 Å². The number of benzene rings is 2. The first-order chi connectivity index (χ1) is 16.1. The topological polar surface area (TPSA) is 69.6 Å². The Hall–Kier alpha value is -2.66. The highest BCUT2D eigenvalue weighted by Gasteiger charge is 2.50. The molecule has 3 aliphatic rings. The van der Waals surface area contributed by atoms with E-state index in [-0.39, 0.29) is 35.2 Å². The van der Waals surface area contributed by atoms with Gasteiger partial charge in [-0.1, -0.05) is 67.4 Å². The molecule has 5 rings (SSSR count). The zero-order valence-electron chi connectivity index (χ0n) is 19.3. The van der Waals surface area contributed by atoms with Gasteiger partial charge in [0.2, 0.25) is 11.8 Å². The predicted octanol–water partition coefficient (Wildman–Crippen LogP) is 3.90. The van der Waals surface area contributed by atoms with E-state index in [4.69, 9.17) is 0 Å². The third-order valence-electron chi connectivity index (χ3n) is 8.53. The van der Waals surface area contributed by atoms with Crippen LogP contribution in [0, 0.1) is 5.41 Å². The lowest BCUT2D eigenvalue weighted by Gasteiger charge is -2.50. The van der Waals surface area contributed by atoms with Crippen LogP contribution in [0.15, 0.2) is 54.6 Å². The fourth-order valence-corrected chi connectivity index (χ4v) is 6.66. The van der Waals surface area contributed by atoms with Gasteiger partial charge in [-0.3, -0.25) is 9.59 Å². The third-order valence-corrected chi connectivity index (χ3v) is 8.53. The number of rotatable bonds is 4. The Bertz CT molecular complexity index is 1000. The van der Waals surface area contributed by atoms with E-state index in [2.05, 4.69) is 34.5 Å². The zero-order valence-corrected chi connectivity index (χ0v) is 19.3. The van der Waals surface area contributed by atoms with Crippen molar-refractivity contribution in [2.75, 3.05) is 19.6 Å². The molecule has 2 aromatic rings. The van der Waals surface area contributed by atoms with Gasteiger partial charge in [0.1, 0.15) is 0 Å². The molecule has 1 unspecified atom stereocenters. The van der Waals surface area contributed by atoms with Crippen molar-refractivity contribution >= 4 is 11.8 Å². The number of hydrogen-bond acceptors (Lipinski definition) is 3. The van der Waals surface area contributed by atoms with Crippen molar-refractivity contribution < 1.29 is 14.7 Å². The zero-order chi connectivity index (χ0) is 22.9. The number of likely N-dealkylation sites (tertiary alicyclic amines) is 1. The second-order valence-corrected chi connectivity index (χ2v) is 10.2. The van der Waals surface area contributed by atoms with Gasteiger partial charge in [-0.15, -0.1) is 0 Å². The molecular formula is C28H34N2O3. The third kappa shape index (κ3) is 3.97. The van der Waals surface area contributed by atoms with Crippen LogP contribution in [0.4, 0.5) is 0 Å². The van der Waals surface area contributed by atoms with Crippen LogP contribution in [0.2, 0.25) is 0 Å². The van der Waals surface area contributed by atoms with Crippen molar-refractivity contribution in [3.05, 3.63) is 71.3 Å². The smallest absolute Gasteiger partial charge is 0.233 e. The Balaban J connectivity index is 1.38. The standard InChI is InChI=1S/C28H34N2O3/c31-20-21-7-6-8-22(17-21)24-19-29-25(32)18-27(24)13-15-30(16-14-27)26(33)28(11-4-5-12-28)23-9-2-1-3-10-23/h1-3,6-10,17,24,31H,4-5,11-16,18-20H2,(H,29,32). The normalized spacial score (nSPS) is 24.0. The number of aliphatic hydroxyl groups excluding tert-OH is 1. The lowest BCUT2D eigenvalue weighted by Crippen LogP contribution is -2.55. The van der Waals surface area contributed by atoms with E-state index in [9.17, 15) is 14.7 Å². The van der Waals surface area contributed by atoms with Crippen LogP contribution in [-0.2, 0) is 21.6 Å². The van der Waals surface area contributed by atoms with Crippen molar-refractivity contribution in [3.63, 3.8) is 0 Å². The average molecular weight is 447 g/mol. The number of nitrogens with zero attached hydrogens (tertiary/aromatic N) is 1. The molecule has 1 saturated carbocycles. The van der Waals surface area contributed by atoms with Gasteiger partial charge in [-0.25, -0.2) is 0 Å². The van der Waals surface area contributed by atoms with E-state index >= 15 is 0 Å². The molecule has 1 atom stereocenters. The Kier molecular flexibility index (Phi) is 6.00. The van der Waals surface area contributed by atoms with Crippen molar-refractivity contribution in [2.45, 2.75) is 62.9 Å². The van der Waals surface area contributed by atoms with Crippen molar-refractivity contribution in [1.29, 1.82) is 0 Å². The lowest BCUT2D eigenvalue weighted by atomic mass is 9.62. The molecule has 2 aromatic carbocycles. The van der Waals surface area contributed by atoms with E-state index in [1.165, 1.54) is 5.56 Å². The molecule has 5 nitrogen and oxygen atoms in total. The number of amides is 2. The quantitative estimate of drug-likeness (QED) is 0.748.